The van der Waals surface area contributed by atoms with Gasteiger partial charge in [-0.3, -0.25) is 4.79 Å². The van der Waals surface area contributed by atoms with Crippen LogP contribution in [0.3, 0.4) is 0 Å². The van der Waals surface area contributed by atoms with Gasteiger partial charge in [0, 0.05) is 18.0 Å². The molecule has 0 radical (unpaired) electrons. The first-order valence-corrected chi connectivity index (χ1v) is 9.16. The van der Waals surface area contributed by atoms with Gasteiger partial charge < -0.3 is 14.6 Å². The van der Waals surface area contributed by atoms with Gasteiger partial charge in [-0.2, -0.15) is 4.57 Å². The fourth-order valence-corrected chi connectivity index (χ4v) is 2.81. The van der Waals surface area contributed by atoms with E-state index in [-0.39, 0.29) is 23.6 Å². The predicted molar refractivity (Wildman–Crippen MR) is 111 cm³/mol. The zero-order valence-electron chi connectivity index (χ0n) is 16.0. The van der Waals surface area contributed by atoms with Crippen LogP contribution in [0.2, 0.25) is 0 Å². The Bertz CT molecular complexity index is 1360. The molecule has 31 heavy (non-hydrogen) atoms. The molecule has 0 aliphatic heterocycles. The van der Waals surface area contributed by atoms with Gasteiger partial charge in [0.15, 0.2) is 11.5 Å². The van der Waals surface area contributed by atoms with E-state index in [4.69, 9.17) is 9.52 Å². The van der Waals surface area contributed by atoms with Gasteiger partial charge in [-0.25, -0.2) is 14.8 Å². The Morgan fingerprint density at radius 2 is 1.77 bits per heavy atom. The molecule has 4 rings (SSSR count). The number of carboxylic acid groups (broad SMARTS) is 1. The molecule has 0 spiro atoms. The number of carboxylic acids is 1. The van der Waals surface area contributed by atoms with Gasteiger partial charge in [0.05, 0.1) is 18.0 Å². The Balaban J connectivity index is 1.60. The molecule has 8 nitrogen and oxygen atoms in total. The van der Waals surface area contributed by atoms with Crippen molar-refractivity contribution in [3.8, 4) is 40.8 Å². The number of aromatic nitrogens is 3. The van der Waals surface area contributed by atoms with Crippen LogP contribution in [-0.4, -0.2) is 30.7 Å². The van der Waals surface area contributed by atoms with Crippen molar-refractivity contribution < 1.29 is 19.4 Å². The summed E-state index contributed by atoms with van der Waals surface area (Å²) in [6.07, 6.45) is 2.78. The summed E-state index contributed by atoms with van der Waals surface area (Å²) in [6, 6.07) is 18.1. The summed E-state index contributed by atoms with van der Waals surface area (Å²) in [4.78, 5) is 31.1. The maximum absolute atomic E-state index is 12.1. The normalized spacial score (nSPS) is 10.3. The first-order chi connectivity index (χ1) is 15.0. The van der Waals surface area contributed by atoms with Crippen LogP contribution in [0.15, 0.2) is 76.2 Å². The standard InChI is InChI=1S/C23H15N3O5/c27-19-14-24-20(21-25-13-18(31-21)16-6-2-1-3-7-16)22(28)26(19)12-4-5-15-8-10-17(11-9-15)23(29)30/h1-3,6-11,13-14,28H,5H2,(H,29,30). The number of aromatic hydroxyl groups is 1. The molecule has 0 saturated heterocycles. The number of hydrogen-bond acceptors (Lipinski definition) is 6. The number of benzene rings is 2. The highest BCUT2D eigenvalue weighted by Crippen LogP contribution is 2.28. The van der Waals surface area contributed by atoms with Crippen LogP contribution in [-0.2, 0) is 6.42 Å². The van der Waals surface area contributed by atoms with E-state index in [0.29, 0.717) is 5.76 Å². The minimum Gasteiger partial charge on any atom is -0.492 e. The lowest BCUT2D eigenvalue weighted by molar-refractivity contribution is 0.0697. The largest absolute Gasteiger partial charge is 0.492 e. The van der Waals surface area contributed by atoms with E-state index >= 15 is 0 Å². The molecule has 0 atom stereocenters. The van der Waals surface area contributed by atoms with Crippen molar-refractivity contribution in [2.45, 2.75) is 6.42 Å². The second-order valence-electron chi connectivity index (χ2n) is 6.47. The van der Waals surface area contributed by atoms with Crippen molar-refractivity contribution in [2.75, 3.05) is 0 Å². The van der Waals surface area contributed by atoms with Crippen molar-refractivity contribution in [2.24, 2.45) is 0 Å². The quantitative estimate of drug-likeness (QED) is 0.494. The van der Waals surface area contributed by atoms with Crippen molar-refractivity contribution in [1.29, 1.82) is 0 Å². The van der Waals surface area contributed by atoms with Crippen LogP contribution in [0.25, 0.3) is 22.9 Å². The summed E-state index contributed by atoms with van der Waals surface area (Å²) < 4.78 is 6.55. The summed E-state index contributed by atoms with van der Waals surface area (Å²) in [6.45, 7) is 0. The van der Waals surface area contributed by atoms with Gasteiger partial charge in [-0.05, 0) is 17.7 Å². The fraction of sp³-hybridized carbons (Fsp3) is 0.0435. The topological polar surface area (TPSA) is 118 Å². The molecule has 0 aliphatic rings. The Labute approximate surface area is 176 Å². The molecule has 4 aromatic rings. The number of oxazole rings is 1. The third kappa shape index (κ3) is 4.21. The first kappa shape index (κ1) is 19.7. The Hall–Kier alpha value is -4.64. The van der Waals surface area contributed by atoms with Crippen molar-refractivity contribution in [3.05, 3.63) is 88.5 Å². The highest BCUT2D eigenvalue weighted by atomic mass is 16.4. The first-order valence-electron chi connectivity index (χ1n) is 9.16. The van der Waals surface area contributed by atoms with Crippen molar-refractivity contribution >= 4 is 5.97 Å². The molecular formula is C23H15N3O5. The van der Waals surface area contributed by atoms with Gasteiger partial charge in [0.1, 0.15) is 0 Å². The van der Waals surface area contributed by atoms with Gasteiger partial charge in [0.25, 0.3) is 11.4 Å². The lowest BCUT2D eigenvalue weighted by Crippen LogP contribution is -2.17. The molecule has 2 aromatic carbocycles. The highest BCUT2D eigenvalue weighted by Gasteiger charge is 2.17. The van der Waals surface area contributed by atoms with E-state index in [0.717, 1.165) is 21.9 Å². The van der Waals surface area contributed by atoms with E-state index in [1.54, 1.807) is 12.1 Å². The predicted octanol–water partition coefficient (Wildman–Crippen LogP) is 3.02. The minimum absolute atomic E-state index is 0.0121. The SMILES string of the molecule is O=C(O)c1ccc(CC#Cn2c(O)c(-c3ncc(-c4ccccc4)o3)ncc2=O)cc1. The average molecular weight is 413 g/mol. The third-order valence-corrected chi connectivity index (χ3v) is 4.40. The zero-order chi connectivity index (χ0) is 21.8. The molecule has 0 aliphatic carbocycles. The molecule has 0 amide bonds. The maximum Gasteiger partial charge on any atom is 0.335 e. The molecular weight excluding hydrogens is 398 g/mol. The summed E-state index contributed by atoms with van der Waals surface area (Å²) in [7, 11) is 0. The number of nitrogens with zero attached hydrogens (tertiary/aromatic N) is 3. The Morgan fingerprint density at radius 3 is 2.48 bits per heavy atom. The molecule has 2 N–H and O–H groups in total. The summed E-state index contributed by atoms with van der Waals surface area (Å²) in [5.41, 5.74) is 1.12. The molecule has 0 unspecified atom stereocenters. The molecule has 152 valence electrons. The number of aromatic carboxylic acids is 1. The Kier molecular flexibility index (Phi) is 5.32. The molecule has 8 heteroatoms. The van der Waals surface area contributed by atoms with Crippen LogP contribution in [0.4, 0.5) is 0 Å². The van der Waals surface area contributed by atoms with E-state index in [1.165, 1.54) is 18.3 Å². The van der Waals surface area contributed by atoms with Crippen LogP contribution < -0.4 is 5.56 Å². The van der Waals surface area contributed by atoms with Gasteiger partial charge in [0.2, 0.25) is 5.88 Å². The van der Waals surface area contributed by atoms with Crippen LogP contribution in [0, 0.1) is 12.0 Å². The third-order valence-electron chi connectivity index (χ3n) is 4.40. The second-order valence-corrected chi connectivity index (χ2v) is 6.47. The summed E-state index contributed by atoms with van der Waals surface area (Å²) >= 11 is 0. The van der Waals surface area contributed by atoms with E-state index < -0.39 is 17.4 Å². The van der Waals surface area contributed by atoms with Crippen LogP contribution in [0.1, 0.15) is 15.9 Å². The van der Waals surface area contributed by atoms with Gasteiger partial charge in [-0.15, -0.1) is 0 Å². The average Bonchev–Trinajstić information content (AvgIpc) is 3.27. The fourth-order valence-electron chi connectivity index (χ4n) is 2.81. The Morgan fingerprint density at radius 1 is 1.03 bits per heavy atom. The minimum atomic E-state index is -1.01. The lowest BCUT2D eigenvalue weighted by atomic mass is 10.1. The van der Waals surface area contributed by atoms with E-state index in [9.17, 15) is 14.7 Å². The van der Waals surface area contributed by atoms with Crippen molar-refractivity contribution in [1.82, 2.24) is 14.5 Å². The molecule has 0 fully saturated rings. The summed E-state index contributed by atoms with van der Waals surface area (Å²) in [5.74, 6) is 1.83. The smallest absolute Gasteiger partial charge is 0.335 e. The molecule has 2 heterocycles. The second kappa shape index (κ2) is 8.39. The van der Waals surface area contributed by atoms with Crippen molar-refractivity contribution in [3.63, 3.8) is 0 Å². The van der Waals surface area contributed by atoms with Crippen LogP contribution >= 0.6 is 0 Å². The van der Waals surface area contributed by atoms with E-state index in [2.05, 4.69) is 21.9 Å². The number of carbonyl (C=O) groups is 1. The maximum atomic E-state index is 12.1. The monoisotopic (exact) mass is 413 g/mol. The zero-order valence-corrected chi connectivity index (χ0v) is 16.0. The number of rotatable bonds is 4. The number of hydrogen-bond donors (Lipinski definition) is 2. The molecule has 0 bridgehead atoms. The summed E-state index contributed by atoms with van der Waals surface area (Å²) in [5, 5.41) is 19.5. The lowest BCUT2D eigenvalue weighted by Gasteiger charge is -2.03. The molecule has 0 saturated carbocycles. The van der Waals surface area contributed by atoms with E-state index in [1.807, 2.05) is 30.3 Å². The molecule has 2 aromatic heterocycles. The highest BCUT2D eigenvalue weighted by molar-refractivity contribution is 5.87. The van der Waals surface area contributed by atoms with Crippen LogP contribution in [0.5, 0.6) is 5.88 Å². The van der Waals surface area contributed by atoms with Gasteiger partial charge in [-0.1, -0.05) is 48.4 Å². The van der Waals surface area contributed by atoms with Gasteiger partial charge >= 0.3 is 5.97 Å².